The van der Waals surface area contributed by atoms with Crippen LogP contribution in [0.2, 0.25) is 0 Å². The van der Waals surface area contributed by atoms with E-state index in [1.54, 1.807) is 24.3 Å². The SMILES string of the molecule is COC(=O)C(NC(=O)COc1ccc(C)cc1C)c1ccccc1. The number of hydrogen-bond acceptors (Lipinski definition) is 4. The van der Waals surface area contributed by atoms with Crippen LogP contribution in [0.15, 0.2) is 48.5 Å². The number of rotatable bonds is 6. The van der Waals surface area contributed by atoms with Crippen molar-refractivity contribution >= 4 is 11.9 Å². The van der Waals surface area contributed by atoms with E-state index in [0.29, 0.717) is 11.3 Å². The van der Waals surface area contributed by atoms with Gasteiger partial charge in [0.1, 0.15) is 5.75 Å². The number of carbonyl (C=O) groups excluding carboxylic acids is 2. The summed E-state index contributed by atoms with van der Waals surface area (Å²) in [5.41, 5.74) is 2.73. The fourth-order valence-electron chi connectivity index (χ4n) is 2.35. The standard InChI is InChI=1S/C19H21NO4/c1-13-9-10-16(14(2)11-13)24-12-17(21)20-18(19(22)23-3)15-7-5-4-6-8-15/h4-11,18H,12H2,1-3H3,(H,20,21). The molecule has 0 aliphatic carbocycles. The first-order chi connectivity index (χ1) is 11.5. The Bertz CT molecular complexity index is 713. The van der Waals surface area contributed by atoms with Crippen LogP contribution in [0.1, 0.15) is 22.7 Å². The summed E-state index contributed by atoms with van der Waals surface area (Å²) in [4.78, 5) is 24.1. The van der Waals surface area contributed by atoms with E-state index in [4.69, 9.17) is 9.47 Å². The summed E-state index contributed by atoms with van der Waals surface area (Å²) in [6.45, 7) is 3.73. The monoisotopic (exact) mass is 327 g/mol. The molecular weight excluding hydrogens is 306 g/mol. The van der Waals surface area contributed by atoms with Crippen LogP contribution < -0.4 is 10.1 Å². The molecule has 0 aromatic heterocycles. The van der Waals surface area contributed by atoms with Gasteiger partial charge >= 0.3 is 5.97 Å². The summed E-state index contributed by atoms with van der Waals surface area (Å²) in [5, 5.41) is 2.65. The van der Waals surface area contributed by atoms with E-state index in [-0.39, 0.29) is 6.61 Å². The Kier molecular flexibility index (Phi) is 5.95. The minimum Gasteiger partial charge on any atom is -0.484 e. The molecule has 0 radical (unpaired) electrons. The highest BCUT2D eigenvalue weighted by Crippen LogP contribution is 2.19. The molecule has 126 valence electrons. The van der Waals surface area contributed by atoms with Gasteiger partial charge in [0.05, 0.1) is 7.11 Å². The summed E-state index contributed by atoms with van der Waals surface area (Å²) in [6, 6.07) is 13.8. The van der Waals surface area contributed by atoms with Gasteiger partial charge in [-0.2, -0.15) is 0 Å². The third-order valence-electron chi connectivity index (χ3n) is 3.56. The van der Waals surface area contributed by atoms with E-state index in [2.05, 4.69) is 5.32 Å². The van der Waals surface area contributed by atoms with E-state index >= 15 is 0 Å². The van der Waals surface area contributed by atoms with Crippen LogP contribution in [0.25, 0.3) is 0 Å². The number of aryl methyl sites for hydroxylation is 2. The van der Waals surface area contributed by atoms with Crippen LogP contribution in [-0.4, -0.2) is 25.6 Å². The highest BCUT2D eigenvalue weighted by molar-refractivity contribution is 5.86. The third kappa shape index (κ3) is 4.59. The molecule has 1 unspecified atom stereocenters. The van der Waals surface area contributed by atoms with Crippen molar-refractivity contribution in [2.75, 3.05) is 13.7 Å². The summed E-state index contributed by atoms with van der Waals surface area (Å²) in [6.07, 6.45) is 0. The van der Waals surface area contributed by atoms with E-state index in [1.165, 1.54) is 7.11 Å². The normalized spacial score (nSPS) is 11.5. The van der Waals surface area contributed by atoms with Crippen LogP contribution in [0.4, 0.5) is 0 Å². The van der Waals surface area contributed by atoms with Crippen LogP contribution in [0.5, 0.6) is 5.75 Å². The Labute approximate surface area is 141 Å². The highest BCUT2D eigenvalue weighted by atomic mass is 16.5. The Morgan fingerprint density at radius 1 is 1.08 bits per heavy atom. The number of hydrogen-bond donors (Lipinski definition) is 1. The first kappa shape index (κ1) is 17.5. The lowest BCUT2D eigenvalue weighted by Gasteiger charge is -2.17. The average molecular weight is 327 g/mol. The van der Waals surface area contributed by atoms with Gasteiger partial charge in [0, 0.05) is 0 Å². The highest BCUT2D eigenvalue weighted by Gasteiger charge is 2.23. The molecule has 0 aliphatic heterocycles. The van der Waals surface area contributed by atoms with Gasteiger partial charge in [0.2, 0.25) is 0 Å². The molecule has 1 atom stereocenters. The molecule has 0 spiro atoms. The molecule has 0 saturated carbocycles. The van der Waals surface area contributed by atoms with Gasteiger partial charge in [-0.05, 0) is 31.0 Å². The van der Waals surface area contributed by atoms with Crippen molar-refractivity contribution < 1.29 is 19.1 Å². The minimum absolute atomic E-state index is 0.176. The Hall–Kier alpha value is -2.82. The Balaban J connectivity index is 2.01. The maximum atomic E-state index is 12.2. The van der Waals surface area contributed by atoms with Gasteiger partial charge in [-0.25, -0.2) is 4.79 Å². The number of nitrogens with one attached hydrogen (secondary N) is 1. The second-order valence-electron chi connectivity index (χ2n) is 5.49. The predicted molar refractivity (Wildman–Crippen MR) is 90.8 cm³/mol. The maximum absolute atomic E-state index is 12.2. The van der Waals surface area contributed by atoms with Crippen molar-refractivity contribution in [1.82, 2.24) is 5.32 Å². The molecule has 5 heteroatoms. The molecule has 24 heavy (non-hydrogen) atoms. The van der Waals surface area contributed by atoms with Crippen molar-refractivity contribution in [3.05, 3.63) is 65.2 Å². The van der Waals surface area contributed by atoms with E-state index in [1.807, 2.05) is 38.1 Å². The first-order valence-electron chi connectivity index (χ1n) is 7.63. The summed E-state index contributed by atoms with van der Waals surface area (Å²) >= 11 is 0. The number of ether oxygens (including phenoxy) is 2. The lowest BCUT2D eigenvalue weighted by molar-refractivity contribution is -0.145. The van der Waals surface area contributed by atoms with Gasteiger partial charge in [-0.3, -0.25) is 4.79 Å². The fourth-order valence-corrected chi connectivity index (χ4v) is 2.35. The molecule has 0 fully saturated rings. The molecular formula is C19H21NO4. The zero-order valence-electron chi connectivity index (χ0n) is 14.0. The summed E-state index contributed by atoms with van der Waals surface area (Å²) < 4.78 is 10.3. The molecule has 5 nitrogen and oxygen atoms in total. The summed E-state index contributed by atoms with van der Waals surface area (Å²) in [7, 11) is 1.29. The van der Waals surface area contributed by atoms with Gasteiger partial charge in [0.25, 0.3) is 5.91 Å². The van der Waals surface area contributed by atoms with Gasteiger partial charge in [-0.15, -0.1) is 0 Å². The predicted octanol–water partition coefficient (Wildman–Crippen LogP) is 2.71. The average Bonchev–Trinajstić information content (AvgIpc) is 2.59. The number of benzene rings is 2. The minimum atomic E-state index is -0.855. The lowest BCUT2D eigenvalue weighted by atomic mass is 10.1. The quantitative estimate of drug-likeness (QED) is 0.829. The van der Waals surface area contributed by atoms with E-state index in [0.717, 1.165) is 11.1 Å². The first-order valence-corrected chi connectivity index (χ1v) is 7.63. The smallest absolute Gasteiger partial charge is 0.333 e. The fraction of sp³-hybridized carbons (Fsp3) is 0.263. The topological polar surface area (TPSA) is 64.6 Å². The second kappa shape index (κ2) is 8.15. The van der Waals surface area contributed by atoms with E-state index < -0.39 is 17.9 Å². The second-order valence-corrected chi connectivity index (χ2v) is 5.49. The van der Waals surface area contributed by atoms with Crippen LogP contribution in [0.3, 0.4) is 0 Å². The van der Waals surface area contributed by atoms with Crippen molar-refractivity contribution in [3.63, 3.8) is 0 Å². The largest absolute Gasteiger partial charge is 0.484 e. The van der Waals surface area contributed by atoms with Gasteiger partial charge < -0.3 is 14.8 Å². The molecule has 2 aromatic carbocycles. The number of amides is 1. The van der Waals surface area contributed by atoms with Gasteiger partial charge in [0.15, 0.2) is 12.6 Å². The Morgan fingerprint density at radius 3 is 2.42 bits per heavy atom. The van der Waals surface area contributed by atoms with Gasteiger partial charge in [-0.1, -0.05) is 48.0 Å². The van der Waals surface area contributed by atoms with Crippen LogP contribution in [-0.2, 0) is 14.3 Å². The maximum Gasteiger partial charge on any atom is 0.333 e. The third-order valence-corrected chi connectivity index (χ3v) is 3.56. The molecule has 2 aromatic rings. The zero-order chi connectivity index (χ0) is 17.5. The zero-order valence-corrected chi connectivity index (χ0v) is 14.0. The lowest BCUT2D eigenvalue weighted by Crippen LogP contribution is -2.37. The number of carbonyl (C=O) groups is 2. The van der Waals surface area contributed by atoms with Crippen molar-refractivity contribution in [2.45, 2.75) is 19.9 Å². The van der Waals surface area contributed by atoms with Crippen LogP contribution in [0, 0.1) is 13.8 Å². The Morgan fingerprint density at radius 2 is 1.79 bits per heavy atom. The molecule has 1 amide bonds. The number of esters is 1. The number of methoxy groups -OCH3 is 1. The molecule has 1 N–H and O–H groups in total. The molecule has 0 aliphatic rings. The van der Waals surface area contributed by atoms with Crippen molar-refractivity contribution in [3.8, 4) is 5.75 Å². The van der Waals surface area contributed by atoms with Crippen LogP contribution >= 0.6 is 0 Å². The van der Waals surface area contributed by atoms with E-state index in [9.17, 15) is 9.59 Å². The molecule has 0 bridgehead atoms. The molecule has 0 heterocycles. The molecule has 2 rings (SSSR count). The van der Waals surface area contributed by atoms with Crippen molar-refractivity contribution in [2.24, 2.45) is 0 Å². The molecule has 0 saturated heterocycles. The summed E-state index contributed by atoms with van der Waals surface area (Å²) in [5.74, 6) is -0.277. The van der Waals surface area contributed by atoms with Crippen molar-refractivity contribution in [1.29, 1.82) is 0 Å².